The Morgan fingerprint density at radius 1 is 0.944 bits per heavy atom. The molecule has 0 bridgehead atoms. The largest absolute Gasteiger partial charge is 0.488 e. The van der Waals surface area contributed by atoms with Crippen LogP contribution in [0.15, 0.2) is 48.5 Å². The summed E-state index contributed by atoms with van der Waals surface area (Å²) in [6.45, 7) is 0. The Hall–Kier alpha value is -2.11. The van der Waals surface area contributed by atoms with Crippen molar-refractivity contribution in [2.24, 2.45) is 0 Å². The van der Waals surface area contributed by atoms with Crippen LogP contribution in [0.4, 0.5) is 0 Å². The Labute approximate surface area is 104 Å². The smallest absolute Gasteiger partial charge is 0.478 e. The van der Waals surface area contributed by atoms with Gasteiger partial charge in [-0.1, -0.05) is 36.4 Å². The number of hydrogen-bond donors (Lipinski definition) is 3. The molecule has 2 aromatic rings. The molecular formula is C13H11BO4. The number of carboxylic acids is 1. The van der Waals surface area contributed by atoms with E-state index < -0.39 is 13.1 Å². The van der Waals surface area contributed by atoms with Crippen molar-refractivity contribution >= 4 is 18.6 Å². The summed E-state index contributed by atoms with van der Waals surface area (Å²) in [5, 5.41) is 27.1. The summed E-state index contributed by atoms with van der Waals surface area (Å²) in [6.07, 6.45) is 0. The second-order valence-electron chi connectivity index (χ2n) is 3.89. The monoisotopic (exact) mass is 242 g/mol. The van der Waals surface area contributed by atoms with Crippen molar-refractivity contribution in [1.29, 1.82) is 0 Å². The van der Waals surface area contributed by atoms with E-state index in [0.29, 0.717) is 5.46 Å². The van der Waals surface area contributed by atoms with Crippen LogP contribution in [0.2, 0.25) is 0 Å². The molecule has 0 saturated heterocycles. The second kappa shape index (κ2) is 5.04. The minimum atomic E-state index is -1.53. The van der Waals surface area contributed by atoms with Crippen molar-refractivity contribution in [3.05, 3.63) is 54.1 Å². The van der Waals surface area contributed by atoms with Crippen molar-refractivity contribution < 1.29 is 19.9 Å². The summed E-state index contributed by atoms with van der Waals surface area (Å²) in [7, 11) is -1.53. The quantitative estimate of drug-likeness (QED) is 0.693. The van der Waals surface area contributed by atoms with E-state index in [0.717, 1.165) is 11.1 Å². The minimum absolute atomic E-state index is 0.197. The third-order valence-corrected chi connectivity index (χ3v) is 2.63. The van der Waals surface area contributed by atoms with E-state index in [-0.39, 0.29) is 5.56 Å². The first-order valence-corrected chi connectivity index (χ1v) is 5.38. The maximum Gasteiger partial charge on any atom is 0.488 e. The summed E-state index contributed by atoms with van der Waals surface area (Å²) in [4.78, 5) is 10.9. The Bertz CT molecular complexity index is 581. The van der Waals surface area contributed by atoms with Gasteiger partial charge in [-0.3, -0.25) is 0 Å². The zero-order valence-electron chi connectivity index (χ0n) is 9.45. The fourth-order valence-corrected chi connectivity index (χ4v) is 1.71. The van der Waals surface area contributed by atoms with Crippen molar-refractivity contribution in [3.63, 3.8) is 0 Å². The van der Waals surface area contributed by atoms with Crippen LogP contribution in [-0.4, -0.2) is 28.2 Å². The molecule has 0 aromatic heterocycles. The maximum absolute atomic E-state index is 10.9. The highest BCUT2D eigenvalue weighted by Crippen LogP contribution is 2.19. The Kier molecular flexibility index (Phi) is 3.46. The van der Waals surface area contributed by atoms with Crippen LogP contribution in [0.25, 0.3) is 11.1 Å². The van der Waals surface area contributed by atoms with Crippen molar-refractivity contribution in [3.8, 4) is 11.1 Å². The molecule has 0 aliphatic rings. The molecule has 2 aromatic carbocycles. The van der Waals surface area contributed by atoms with E-state index in [1.807, 2.05) is 0 Å². The van der Waals surface area contributed by atoms with Crippen molar-refractivity contribution in [2.45, 2.75) is 0 Å². The molecule has 3 N–H and O–H groups in total. The van der Waals surface area contributed by atoms with Crippen molar-refractivity contribution in [2.75, 3.05) is 0 Å². The van der Waals surface area contributed by atoms with Gasteiger partial charge in [-0.25, -0.2) is 4.79 Å². The van der Waals surface area contributed by atoms with Crippen LogP contribution in [-0.2, 0) is 0 Å². The van der Waals surface area contributed by atoms with E-state index in [1.165, 1.54) is 6.07 Å². The number of rotatable bonds is 3. The molecule has 0 spiro atoms. The first-order chi connectivity index (χ1) is 8.58. The fourth-order valence-electron chi connectivity index (χ4n) is 1.71. The lowest BCUT2D eigenvalue weighted by atomic mass is 9.79. The molecule has 18 heavy (non-hydrogen) atoms. The van der Waals surface area contributed by atoms with Crippen LogP contribution in [0.3, 0.4) is 0 Å². The molecule has 0 heterocycles. The van der Waals surface area contributed by atoms with Gasteiger partial charge in [-0.15, -0.1) is 0 Å². The zero-order chi connectivity index (χ0) is 13.1. The average molecular weight is 242 g/mol. The summed E-state index contributed by atoms with van der Waals surface area (Å²) >= 11 is 0. The van der Waals surface area contributed by atoms with Gasteiger partial charge in [0.25, 0.3) is 0 Å². The average Bonchev–Trinajstić information content (AvgIpc) is 2.39. The molecule has 0 atom stereocenters. The number of carboxylic acid groups (broad SMARTS) is 1. The molecule has 4 nitrogen and oxygen atoms in total. The third kappa shape index (κ3) is 2.59. The molecule has 0 saturated carbocycles. The van der Waals surface area contributed by atoms with Crippen LogP contribution < -0.4 is 5.46 Å². The lowest BCUT2D eigenvalue weighted by Crippen LogP contribution is -2.29. The second-order valence-corrected chi connectivity index (χ2v) is 3.89. The van der Waals surface area contributed by atoms with Crippen LogP contribution in [0.1, 0.15) is 10.4 Å². The molecule has 0 aliphatic carbocycles. The first kappa shape index (κ1) is 12.4. The SMILES string of the molecule is O=C(O)c1cccc(-c2cccc(B(O)O)c2)c1. The highest BCUT2D eigenvalue weighted by Gasteiger charge is 2.11. The Morgan fingerprint density at radius 3 is 2.17 bits per heavy atom. The van der Waals surface area contributed by atoms with Gasteiger partial charge < -0.3 is 15.2 Å². The molecular weight excluding hydrogens is 231 g/mol. The van der Waals surface area contributed by atoms with E-state index in [4.69, 9.17) is 15.2 Å². The standard InChI is InChI=1S/C13H11BO4/c15-13(16)11-5-1-3-9(7-11)10-4-2-6-12(8-10)14(17)18/h1-8,17-18H,(H,15,16). The van der Waals surface area contributed by atoms with Crippen LogP contribution in [0, 0.1) is 0 Å². The lowest BCUT2D eigenvalue weighted by Gasteiger charge is -2.05. The fraction of sp³-hybridized carbons (Fsp3) is 0. The lowest BCUT2D eigenvalue weighted by molar-refractivity contribution is 0.0697. The number of carbonyl (C=O) groups is 1. The van der Waals surface area contributed by atoms with E-state index in [2.05, 4.69) is 0 Å². The topological polar surface area (TPSA) is 77.8 Å². The minimum Gasteiger partial charge on any atom is -0.478 e. The summed E-state index contributed by atoms with van der Waals surface area (Å²) in [6, 6.07) is 13.2. The molecule has 2 rings (SSSR count). The zero-order valence-corrected chi connectivity index (χ0v) is 9.45. The van der Waals surface area contributed by atoms with Gasteiger partial charge in [-0.05, 0) is 28.7 Å². The third-order valence-electron chi connectivity index (χ3n) is 2.63. The number of benzene rings is 2. The van der Waals surface area contributed by atoms with Gasteiger partial charge in [-0.2, -0.15) is 0 Å². The van der Waals surface area contributed by atoms with Gasteiger partial charge in [0.1, 0.15) is 0 Å². The van der Waals surface area contributed by atoms with Gasteiger partial charge in [0, 0.05) is 0 Å². The Balaban J connectivity index is 2.45. The van der Waals surface area contributed by atoms with E-state index in [1.54, 1.807) is 42.5 Å². The first-order valence-electron chi connectivity index (χ1n) is 5.38. The molecule has 0 amide bonds. The van der Waals surface area contributed by atoms with Gasteiger partial charge in [0.15, 0.2) is 0 Å². The molecule has 5 heteroatoms. The van der Waals surface area contributed by atoms with Crippen molar-refractivity contribution in [1.82, 2.24) is 0 Å². The normalized spacial score (nSPS) is 10.1. The predicted octanol–water partition coefficient (Wildman–Crippen LogP) is 0.732. The number of hydrogen-bond acceptors (Lipinski definition) is 3. The van der Waals surface area contributed by atoms with Crippen LogP contribution >= 0.6 is 0 Å². The Morgan fingerprint density at radius 2 is 1.56 bits per heavy atom. The molecule has 0 radical (unpaired) electrons. The molecule has 0 fully saturated rings. The predicted molar refractivity (Wildman–Crippen MR) is 68.7 cm³/mol. The highest BCUT2D eigenvalue weighted by molar-refractivity contribution is 6.58. The van der Waals surface area contributed by atoms with E-state index in [9.17, 15) is 4.79 Å². The van der Waals surface area contributed by atoms with Crippen LogP contribution in [0.5, 0.6) is 0 Å². The molecule has 90 valence electrons. The van der Waals surface area contributed by atoms with Gasteiger partial charge in [0.05, 0.1) is 5.56 Å². The summed E-state index contributed by atoms with van der Waals surface area (Å²) in [5.74, 6) is -0.991. The molecule has 0 unspecified atom stereocenters. The number of aromatic carboxylic acids is 1. The highest BCUT2D eigenvalue weighted by atomic mass is 16.4. The molecule has 0 aliphatic heterocycles. The van der Waals surface area contributed by atoms with Gasteiger partial charge in [0.2, 0.25) is 0 Å². The summed E-state index contributed by atoms with van der Waals surface area (Å²) in [5.41, 5.74) is 2.02. The maximum atomic E-state index is 10.9. The van der Waals surface area contributed by atoms with Gasteiger partial charge >= 0.3 is 13.1 Å². The summed E-state index contributed by atoms with van der Waals surface area (Å²) < 4.78 is 0. The van der Waals surface area contributed by atoms with E-state index >= 15 is 0 Å².